The summed E-state index contributed by atoms with van der Waals surface area (Å²) in [4.78, 5) is 13.3. The second kappa shape index (κ2) is 6.23. The number of ether oxygens (including phenoxy) is 1. The number of carbonyl (C=O) groups excluding carboxylic acids is 1. The molecule has 0 fully saturated rings. The zero-order valence-corrected chi connectivity index (χ0v) is 9.25. The van der Waals surface area contributed by atoms with Gasteiger partial charge < -0.3 is 4.74 Å². The molecule has 0 saturated carbocycles. The number of hydrogen-bond acceptors (Lipinski definition) is 3. The first-order valence-corrected chi connectivity index (χ1v) is 5.10. The molecule has 80 valence electrons. The molecule has 1 aromatic rings. The zero-order valence-electron chi connectivity index (χ0n) is 8.50. The van der Waals surface area contributed by atoms with Gasteiger partial charge in [-0.3, -0.25) is 0 Å². The number of aliphatic imine (C=N–C) groups is 1. The average molecular weight is 226 g/mol. The van der Waals surface area contributed by atoms with Gasteiger partial charge in [0.05, 0.1) is 18.2 Å². The minimum Gasteiger partial charge on any atom is -0.492 e. The van der Waals surface area contributed by atoms with E-state index in [-0.39, 0.29) is 0 Å². The van der Waals surface area contributed by atoms with Crippen LogP contribution in [0.1, 0.15) is 12.5 Å². The molecular formula is C11H12ClNO2. The summed E-state index contributed by atoms with van der Waals surface area (Å²) in [5.41, 5.74) is 1.03. The Labute approximate surface area is 93.7 Å². The molecule has 0 N–H and O–H groups in total. The molecule has 0 aromatic heterocycles. The highest BCUT2D eigenvalue weighted by atomic mass is 35.5. The quantitative estimate of drug-likeness (QED) is 0.571. The minimum atomic E-state index is 0.438. The number of halogens is 1. The van der Waals surface area contributed by atoms with Gasteiger partial charge in [0, 0.05) is 0 Å². The van der Waals surface area contributed by atoms with Gasteiger partial charge >= 0.3 is 0 Å². The fraction of sp³-hybridized carbons (Fsp3) is 0.364. The van der Waals surface area contributed by atoms with E-state index in [2.05, 4.69) is 4.99 Å². The SMILES string of the molecule is CCOc1ccc(CCN=C=O)cc1Cl. The summed E-state index contributed by atoms with van der Waals surface area (Å²) in [6, 6.07) is 5.57. The van der Waals surface area contributed by atoms with Crippen LogP contribution in [0.25, 0.3) is 0 Å². The van der Waals surface area contributed by atoms with Gasteiger partial charge in [-0.25, -0.2) is 9.79 Å². The van der Waals surface area contributed by atoms with Gasteiger partial charge in [-0.2, -0.15) is 0 Å². The molecule has 0 aliphatic rings. The predicted octanol–water partition coefficient (Wildman–Crippen LogP) is 2.62. The highest BCUT2D eigenvalue weighted by Gasteiger charge is 2.01. The van der Waals surface area contributed by atoms with Crippen LogP contribution in [0.4, 0.5) is 0 Å². The van der Waals surface area contributed by atoms with Crippen LogP contribution in [0.15, 0.2) is 23.2 Å². The van der Waals surface area contributed by atoms with Crippen LogP contribution in [0.3, 0.4) is 0 Å². The van der Waals surface area contributed by atoms with E-state index < -0.39 is 0 Å². The third-order valence-corrected chi connectivity index (χ3v) is 2.17. The first kappa shape index (κ1) is 11.8. The van der Waals surface area contributed by atoms with Crippen molar-refractivity contribution >= 4 is 17.7 Å². The van der Waals surface area contributed by atoms with Crippen molar-refractivity contribution in [2.45, 2.75) is 13.3 Å². The summed E-state index contributed by atoms with van der Waals surface area (Å²) >= 11 is 5.99. The van der Waals surface area contributed by atoms with Crippen LogP contribution in [-0.2, 0) is 11.2 Å². The number of benzene rings is 1. The van der Waals surface area contributed by atoms with E-state index in [1.165, 1.54) is 6.08 Å². The maximum Gasteiger partial charge on any atom is 0.234 e. The summed E-state index contributed by atoms with van der Waals surface area (Å²) in [7, 11) is 0. The van der Waals surface area contributed by atoms with E-state index in [0.29, 0.717) is 30.3 Å². The van der Waals surface area contributed by atoms with Crippen LogP contribution >= 0.6 is 11.6 Å². The molecule has 1 aromatic carbocycles. The lowest BCUT2D eigenvalue weighted by Gasteiger charge is -2.06. The summed E-state index contributed by atoms with van der Waals surface area (Å²) in [5, 5.41) is 0.587. The Morgan fingerprint density at radius 1 is 1.53 bits per heavy atom. The Morgan fingerprint density at radius 3 is 2.93 bits per heavy atom. The third kappa shape index (κ3) is 3.74. The highest BCUT2D eigenvalue weighted by Crippen LogP contribution is 2.25. The molecule has 0 spiro atoms. The Kier molecular flexibility index (Phi) is 4.88. The Hall–Kier alpha value is -1.31. The molecular weight excluding hydrogens is 214 g/mol. The third-order valence-electron chi connectivity index (χ3n) is 1.87. The van der Waals surface area contributed by atoms with E-state index >= 15 is 0 Å². The van der Waals surface area contributed by atoms with E-state index in [1.54, 1.807) is 0 Å². The molecule has 0 aliphatic carbocycles. The van der Waals surface area contributed by atoms with Gasteiger partial charge in [-0.05, 0) is 31.0 Å². The lowest BCUT2D eigenvalue weighted by Crippen LogP contribution is -1.94. The minimum absolute atomic E-state index is 0.438. The topological polar surface area (TPSA) is 38.7 Å². The highest BCUT2D eigenvalue weighted by molar-refractivity contribution is 6.32. The smallest absolute Gasteiger partial charge is 0.234 e. The number of isocyanates is 1. The molecule has 0 unspecified atom stereocenters. The number of rotatable bonds is 5. The Balaban J connectivity index is 2.68. The van der Waals surface area contributed by atoms with Crippen LogP contribution in [0.2, 0.25) is 5.02 Å². The molecule has 15 heavy (non-hydrogen) atoms. The number of hydrogen-bond donors (Lipinski definition) is 0. The van der Waals surface area contributed by atoms with Crippen LogP contribution in [-0.4, -0.2) is 19.2 Å². The molecule has 0 bridgehead atoms. The molecule has 3 nitrogen and oxygen atoms in total. The van der Waals surface area contributed by atoms with Crippen molar-refractivity contribution < 1.29 is 9.53 Å². The van der Waals surface area contributed by atoms with Gasteiger partial charge in [-0.1, -0.05) is 17.7 Å². The van der Waals surface area contributed by atoms with E-state index in [4.69, 9.17) is 16.3 Å². The van der Waals surface area contributed by atoms with Gasteiger partial charge in [0.25, 0.3) is 0 Å². The molecule has 0 atom stereocenters. The molecule has 1 rings (SSSR count). The first-order chi connectivity index (χ1) is 7.27. The second-order valence-corrected chi connectivity index (χ2v) is 3.33. The zero-order chi connectivity index (χ0) is 11.1. The molecule has 0 saturated heterocycles. The van der Waals surface area contributed by atoms with Crippen molar-refractivity contribution in [1.82, 2.24) is 0 Å². The molecule has 4 heteroatoms. The Bertz CT molecular complexity index is 373. The van der Waals surface area contributed by atoms with Crippen molar-refractivity contribution in [2.24, 2.45) is 4.99 Å². The van der Waals surface area contributed by atoms with Crippen molar-refractivity contribution in [3.8, 4) is 5.75 Å². The van der Waals surface area contributed by atoms with Crippen LogP contribution in [0.5, 0.6) is 5.75 Å². The summed E-state index contributed by atoms with van der Waals surface area (Å²) in [6.07, 6.45) is 2.18. The maximum absolute atomic E-state index is 9.86. The first-order valence-electron chi connectivity index (χ1n) is 4.72. The van der Waals surface area contributed by atoms with Crippen molar-refractivity contribution in [3.05, 3.63) is 28.8 Å². The van der Waals surface area contributed by atoms with Crippen molar-refractivity contribution in [2.75, 3.05) is 13.2 Å². The van der Waals surface area contributed by atoms with E-state index in [1.807, 2.05) is 25.1 Å². The molecule has 0 heterocycles. The van der Waals surface area contributed by atoms with Gasteiger partial charge in [0.15, 0.2) is 0 Å². The van der Waals surface area contributed by atoms with E-state index in [9.17, 15) is 4.79 Å². The van der Waals surface area contributed by atoms with Gasteiger partial charge in [-0.15, -0.1) is 0 Å². The van der Waals surface area contributed by atoms with Crippen molar-refractivity contribution in [3.63, 3.8) is 0 Å². The molecule has 0 aliphatic heterocycles. The largest absolute Gasteiger partial charge is 0.492 e. The van der Waals surface area contributed by atoms with Crippen LogP contribution in [0, 0.1) is 0 Å². The Morgan fingerprint density at radius 2 is 2.33 bits per heavy atom. The van der Waals surface area contributed by atoms with Gasteiger partial charge in [0.2, 0.25) is 6.08 Å². The molecule has 0 radical (unpaired) electrons. The second-order valence-electron chi connectivity index (χ2n) is 2.92. The standard InChI is InChI=1S/C11H12ClNO2/c1-2-15-11-4-3-9(7-10(11)12)5-6-13-8-14/h3-4,7H,2,5-6H2,1H3. The summed E-state index contributed by atoms with van der Waals surface area (Å²) in [6.45, 7) is 2.94. The maximum atomic E-state index is 9.86. The number of nitrogens with zero attached hydrogens (tertiary/aromatic N) is 1. The van der Waals surface area contributed by atoms with Gasteiger partial charge in [0.1, 0.15) is 5.75 Å². The predicted molar refractivity (Wildman–Crippen MR) is 59.3 cm³/mol. The summed E-state index contributed by atoms with van der Waals surface area (Å²) in [5.74, 6) is 0.682. The van der Waals surface area contributed by atoms with Crippen LogP contribution < -0.4 is 4.74 Å². The monoisotopic (exact) mass is 225 g/mol. The fourth-order valence-corrected chi connectivity index (χ4v) is 1.46. The molecule has 0 amide bonds. The lowest BCUT2D eigenvalue weighted by atomic mass is 10.1. The fourth-order valence-electron chi connectivity index (χ4n) is 1.20. The van der Waals surface area contributed by atoms with Crippen molar-refractivity contribution in [1.29, 1.82) is 0 Å². The van der Waals surface area contributed by atoms with E-state index in [0.717, 1.165) is 5.56 Å². The lowest BCUT2D eigenvalue weighted by molar-refractivity contribution is 0.340. The summed E-state index contributed by atoms with van der Waals surface area (Å²) < 4.78 is 5.30. The average Bonchev–Trinajstić information content (AvgIpc) is 2.23. The normalized spacial score (nSPS) is 9.47.